The molecule has 1 amide bonds. The molecule has 0 radical (unpaired) electrons. The maximum absolute atomic E-state index is 12.3. The molecule has 0 saturated carbocycles. The van der Waals surface area contributed by atoms with Gasteiger partial charge in [-0.15, -0.1) is 0 Å². The van der Waals surface area contributed by atoms with Gasteiger partial charge in [0.1, 0.15) is 5.69 Å². The molecular weight excluding hydrogens is 410 g/mol. The van der Waals surface area contributed by atoms with E-state index in [4.69, 9.17) is 16.3 Å². The van der Waals surface area contributed by atoms with E-state index >= 15 is 0 Å². The monoisotopic (exact) mass is 431 g/mol. The van der Waals surface area contributed by atoms with E-state index in [9.17, 15) is 19.7 Å². The molecule has 9 heteroatoms. The second-order valence-corrected chi connectivity index (χ2v) is 7.53. The van der Waals surface area contributed by atoms with Gasteiger partial charge in [-0.25, -0.2) is 0 Å². The van der Waals surface area contributed by atoms with Crippen LogP contribution in [0.15, 0.2) is 42.5 Å². The summed E-state index contributed by atoms with van der Waals surface area (Å²) in [4.78, 5) is 37.1. The van der Waals surface area contributed by atoms with Crippen molar-refractivity contribution in [3.63, 3.8) is 0 Å². The van der Waals surface area contributed by atoms with E-state index in [1.807, 2.05) is 11.8 Å². The molecule has 1 aliphatic rings. The molecule has 0 spiro atoms. The number of amides is 1. The smallest absolute Gasteiger partial charge is 0.309 e. The number of aryl methyl sites for hydroxylation is 1. The molecule has 0 aromatic heterocycles. The summed E-state index contributed by atoms with van der Waals surface area (Å²) >= 11 is 6.03. The third-order valence-corrected chi connectivity index (χ3v) is 5.46. The molecule has 158 valence electrons. The number of carbonyl (C=O) groups is 2. The summed E-state index contributed by atoms with van der Waals surface area (Å²) in [5, 5.41) is 14.4. The molecule has 0 bridgehead atoms. The minimum Gasteiger partial charge on any atom is -0.455 e. The Hall–Kier alpha value is -3.13. The van der Waals surface area contributed by atoms with Gasteiger partial charge in [0.15, 0.2) is 6.61 Å². The Morgan fingerprint density at radius 1 is 1.23 bits per heavy atom. The molecule has 0 aliphatic carbocycles. The van der Waals surface area contributed by atoms with Crippen LogP contribution in [0.3, 0.4) is 0 Å². The molecule has 8 nitrogen and oxygen atoms in total. The highest BCUT2D eigenvalue weighted by Gasteiger charge is 2.29. The van der Waals surface area contributed by atoms with Crippen molar-refractivity contribution in [3.8, 4) is 0 Å². The number of carbonyl (C=O) groups excluding carboxylic acids is 2. The number of nitrogens with zero attached hydrogens (tertiary/aromatic N) is 2. The number of esters is 1. The highest BCUT2D eigenvalue weighted by Crippen LogP contribution is 2.31. The van der Waals surface area contributed by atoms with Crippen LogP contribution in [0.5, 0.6) is 0 Å². The lowest BCUT2D eigenvalue weighted by Crippen LogP contribution is -2.37. The topological polar surface area (TPSA) is 102 Å². The molecule has 2 aromatic rings. The highest BCUT2D eigenvalue weighted by atomic mass is 35.5. The standard InChI is InChI=1S/C21H22ClN3O5/c1-14-6-7-16(12-17(14)22)23-20(26)13-30-21(27)15-8-10-24(11-9-15)18-4-2-3-5-19(18)25(28)29/h2-7,12,15H,8-11,13H2,1H3,(H,23,26). The lowest BCUT2D eigenvalue weighted by atomic mass is 9.96. The normalized spacial score (nSPS) is 14.3. The van der Waals surface area contributed by atoms with Crippen LogP contribution in [0.1, 0.15) is 18.4 Å². The molecule has 3 rings (SSSR count). The Morgan fingerprint density at radius 2 is 1.93 bits per heavy atom. The first-order chi connectivity index (χ1) is 14.3. The fourth-order valence-electron chi connectivity index (χ4n) is 3.36. The summed E-state index contributed by atoms with van der Waals surface area (Å²) in [6.07, 6.45) is 1.00. The van der Waals surface area contributed by atoms with Crippen molar-refractivity contribution in [2.45, 2.75) is 19.8 Å². The van der Waals surface area contributed by atoms with Gasteiger partial charge in [0.25, 0.3) is 11.6 Å². The van der Waals surface area contributed by atoms with Crippen LogP contribution < -0.4 is 10.2 Å². The molecule has 1 saturated heterocycles. The number of nitro benzene ring substituents is 1. The van der Waals surface area contributed by atoms with E-state index in [0.29, 0.717) is 42.3 Å². The van der Waals surface area contributed by atoms with Crippen LogP contribution in [0.2, 0.25) is 5.02 Å². The maximum Gasteiger partial charge on any atom is 0.309 e. The number of rotatable bonds is 6. The lowest BCUT2D eigenvalue weighted by molar-refractivity contribution is -0.384. The number of para-hydroxylation sites is 2. The van der Waals surface area contributed by atoms with Crippen LogP contribution in [0.4, 0.5) is 17.1 Å². The molecule has 1 aliphatic heterocycles. The Bertz CT molecular complexity index is 957. The van der Waals surface area contributed by atoms with Gasteiger partial charge in [-0.05, 0) is 43.5 Å². The number of nitrogens with one attached hydrogen (secondary N) is 1. The highest BCUT2D eigenvalue weighted by molar-refractivity contribution is 6.31. The molecule has 2 aromatic carbocycles. The molecule has 30 heavy (non-hydrogen) atoms. The van der Waals surface area contributed by atoms with Crippen LogP contribution in [0, 0.1) is 23.0 Å². The molecule has 1 fully saturated rings. The Kier molecular flexibility index (Phi) is 6.89. The van der Waals surface area contributed by atoms with Crippen LogP contribution in [-0.4, -0.2) is 36.5 Å². The maximum atomic E-state index is 12.3. The summed E-state index contributed by atoms with van der Waals surface area (Å²) in [5.41, 5.74) is 2.02. The van der Waals surface area contributed by atoms with Crippen LogP contribution >= 0.6 is 11.6 Å². The lowest BCUT2D eigenvalue weighted by Gasteiger charge is -2.32. The van der Waals surface area contributed by atoms with Gasteiger partial charge in [-0.2, -0.15) is 0 Å². The second-order valence-electron chi connectivity index (χ2n) is 7.13. The second kappa shape index (κ2) is 9.58. The summed E-state index contributed by atoms with van der Waals surface area (Å²) < 4.78 is 5.16. The third-order valence-electron chi connectivity index (χ3n) is 5.05. The number of nitro groups is 1. The number of hydrogen-bond acceptors (Lipinski definition) is 6. The molecule has 1 heterocycles. The quantitative estimate of drug-likeness (QED) is 0.422. The van der Waals surface area contributed by atoms with E-state index in [1.54, 1.807) is 36.4 Å². The van der Waals surface area contributed by atoms with Crippen LogP contribution in [-0.2, 0) is 14.3 Å². The van der Waals surface area contributed by atoms with E-state index in [1.165, 1.54) is 6.07 Å². The van der Waals surface area contributed by atoms with Gasteiger partial charge >= 0.3 is 5.97 Å². The summed E-state index contributed by atoms with van der Waals surface area (Å²) in [7, 11) is 0. The predicted molar refractivity (Wildman–Crippen MR) is 114 cm³/mol. The first kappa shape index (κ1) is 21.6. The van der Waals surface area contributed by atoms with E-state index < -0.39 is 16.8 Å². The average Bonchev–Trinajstić information content (AvgIpc) is 2.74. The van der Waals surface area contributed by atoms with Crippen molar-refractivity contribution < 1.29 is 19.2 Å². The number of anilines is 2. The minimum atomic E-state index is -0.444. The first-order valence-electron chi connectivity index (χ1n) is 9.56. The average molecular weight is 432 g/mol. The van der Waals surface area contributed by atoms with Gasteiger partial charge in [0.2, 0.25) is 0 Å². The predicted octanol–water partition coefficient (Wildman–Crippen LogP) is 3.95. The van der Waals surface area contributed by atoms with Gasteiger partial charge in [-0.3, -0.25) is 19.7 Å². The molecule has 0 atom stereocenters. The zero-order valence-corrected chi connectivity index (χ0v) is 17.2. The number of halogens is 1. The van der Waals surface area contributed by atoms with Crippen molar-refractivity contribution in [2.24, 2.45) is 5.92 Å². The number of hydrogen-bond donors (Lipinski definition) is 1. The fourth-order valence-corrected chi connectivity index (χ4v) is 3.54. The number of benzene rings is 2. The van der Waals surface area contributed by atoms with E-state index in [0.717, 1.165) is 5.56 Å². The summed E-state index contributed by atoms with van der Waals surface area (Å²) in [5.74, 6) is -1.22. The first-order valence-corrected chi connectivity index (χ1v) is 9.94. The van der Waals surface area contributed by atoms with Crippen molar-refractivity contribution >= 4 is 40.5 Å². The number of ether oxygens (including phenoxy) is 1. The number of piperidine rings is 1. The summed E-state index contributed by atoms with van der Waals surface area (Å²) in [6, 6.07) is 11.7. The van der Waals surface area contributed by atoms with Crippen LogP contribution in [0.25, 0.3) is 0 Å². The Balaban J connectivity index is 1.48. The Morgan fingerprint density at radius 3 is 2.60 bits per heavy atom. The Labute approximate surface area is 178 Å². The van der Waals surface area contributed by atoms with Crippen molar-refractivity contribution in [1.29, 1.82) is 0 Å². The zero-order valence-electron chi connectivity index (χ0n) is 16.5. The third kappa shape index (κ3) is 5.27. The minimum absolute atomic E-state index is 0.0476. The zero-order chi connectivity index (χ0) is 21.7. The largest absolute Gasteiger partial charge is 0.455 e. The summed E-state index contributed by atoms with van der Waals surface area (Å²) in [6.45, 7) is 2.48. The van der Waals surface area contributed by atoms with Crippen molar-refractivity contribution in [1.82, 2.24) is 0 Å². The van der Waals surface area contributed by atoms with E-state index in [2.05, 4.69) is 5.32 Å². The van der Waals surface area contributed by atoms with Crippen molar-refractivity contribution in [2.75, 3.05) is 29.9 Å². The van der Waals surface area contributed by atoms with Gasteiger partial charge in [0.05, 0.1) is 10.8 Å². The van der Waals surface area contributed by atoms with Gasteiger partial charge in [0, 0.05) is 29.9 Å². The molecular formula is C21H22ClN3O5. The molecule has 1 N–H and O–H groups in total. The van der Waals surface area contributed by atoms with Crippen molar-refractivity contribution in [3.05, 3.63) is 63.2 Å². The molecule has 0 unspecified atom stereocenters. The van der Waals surface area contributed by atoms with Gasteiger partial charge < -0.3 is 15.0 Å². The fraction of sp³-hybridized carbons (Fsp3) is 0.333. The SMILES string of the molecule is Cc1ccc(NC(=O)COC(=O)C2CCN(c3ccccc3[N+](=O)[O-])CC2)cc1Cl. The van der Waals surface area contributed by atoms with E-state index in [-0.39, 0.29) is 18.2 Å². The van der Waals surface area contributed by atoms with Gasteiger partial charge in [-0.1, -0.05) is 29.8 Å².